The number of fused-ring (bicyclic) bond motifs is 1. The van der Waals surface area contributed by atoms with Gasteiger partial charge in [-0.15, -0.1) is 0 Å². The van der Waals surface area contributed by atoms with Crippen LogP contribution in [0.5, 0.6) is 0 Å². The summed E-state index contributed by atoms with van der Waals surface area (Å²) in [7, 11) is 0. The lowest BCUT2D eigenvalue weighted by molar-refractivity contribution is -0.144. The number of carbonyl (C=O) groups excluding carboxylic acids is 1. The van der Waals surface area contributed by atoms with E-state index in [0.717, 1.165) is 38.9 Å². The molecule has 1 aromatic heterocycles. The van der Waals surface area contributed by atoms with Crippen molar-refractivity contribution in [2.45, 2.75) is 31.3 Å². The van der Waals surface area contributed by atoms with Crippen molar-refractivity contribution in [3.05, 3.63) is 53.9 Å². The third-order valence-corrected chi connectivity index (χ3v) is 5.19. The Hall–Kier alpha value is -2.14. The van der Waals surface area contributed by atoms with Gasteiger partial charge in [-0.1, -0.05) is 24.3 Å². The number of nitrogens with one attached hydrogen (secondary N) is 1. The molecule has 2 aliphatic heterocycles. The van der Waals surface area contributed by atoms with Crippen molar-refractivity contribution in [2.24, 2.45) is 0 Å². The Labute approximate surface area is 136 Å². The van der Waals surface area contributed by atoms with Crippen LogP contribution in [-0.4, -0.2) is 40.2 Å². The molecule has 0 saturated carbocycles. The van der Waals surface area contributed by atoms with Crippen LogP contribution in [0.2, 0.25) is 0 Å². The minimum Gasteiger partial charge on any atom is -0.336 e. The van der Waals surface area contributed by atoms with E-state index in [-0.39, 0.29) is 5.91 Å². The van der Waals surface area contributed by atoms with Crippen molar-refractivity contribution in [2.75, 3.05) is 19.6 Å². The van der Waals surface area contributed by atoms with Gasteiger partial charge in [0.2, 0.25) is 0 Å². The zero-order chi connectivity index (χ0) is 15.7. The Balaban J connectivity index is 1.64. The molecule has 0 spiro atoms. The van der Waals surface area contributed by atoms with Gasteiger partial charge in [-0.25, -0.2) is 0 Å². The van der Waals surface area contributed by atoms with Crippen LogP contribution in [0.15, 0.2) is 42.7 Å². The molecule has 0 unspecified atom stereocenters. The van der Waals surface area contributed by atoms with E-state index in [1.54, 1.807) is 6.20 Å². The largest absolute Gasteiger partial charge is 0.336 e. The lowest BCUT2D eigenvalue weighted by atomic mass is 9.86. The number of hydrogen-bond donors (Lipinski definition) is 1. The quantitative estimate of drug-likeness (QED) is 0.915. The zero-order valence-electron chi connectivity index (χ0n) is 13.2. The average Bonchev–Trinajstić information content (AvgIpc) is 3.16. The van der Waals surface area contributed by atoms with Gasteiger partial charge in [0.05, 0.1) is 0 Å². The maximum atomic E-state index is 13.4. The molecule has 0 atom stereocenters. The van der Waals surface area contributed by atoms with Gasteiger partial charge in [-0.3, -0.25) is 9.48 Å². The van der Waals surface area contributed by atoms with Crippen LogP contribution in [0.1, 0.15) is 24.0 Å². The summed E-state index contributed by atoms with van der Waals surface area (Å²) < 4.78 is 1.89. The molecule has 5 heteroatoms. The van der Waals surface area contributed by atoms with Gasteiger partial charge in [0.15, 0.2) is 0 Å². The number of hydrogen-bond acceptors (Lipinski definition) is 3. The van der Waals surface area contributed by atoms with Gasteiger partial charge in [0.1, 0.15) is 5.54 Å². The minimum atomic E-state index is -0.527. The first kappa shape index (κ1) is 14.5. The van der Waals surface area contributed by atoms with Crippen LogP contribution in [0.25, 0.3) is 0 Å². The van der Waals surface area contributed by atoms with Crippen molar-refractivity contribution < 1.29 is 4.79 Å². The predicted molar refractivity (Wildman–Crippen MR) is 87.9 cm³/mol. The first-order valence-electron chi connectivity index (χ1n) is 8.37. The molecule has 120 valence electrons. The number of rotatable bonds is 2. The summed E-state index contributed by atoms with van der Waals surface area (Å²) in [6.07, 6.45) is 6.23. The number of aromatic nitrogens is 2. The summed E-state index contributed by atoms with van der Waals surface area (Å²) >= 11 is 0. The lowest BCUT2D eigenvalue weighted by Crippen LogP contribution is -2.56. The van der Waals surface area contributed by atoms with Crippen LogP contribution < -0.4 is 5.32 Å². The summed E-state index contributed by atoms with van der Waals surface area (Å²) in [5, 5.41) is 7.78. The second kappa shape index (κ2) is 5.81. The second-order valence-electron chi connectivity index (χ2n) is 6.48. The number of piperidine rings is 1. The fraction of sp³-hybridized carbons (Fsp3) is 0.444. The van der Waals surface area contributed by atoms with Gasteiger partial charge >= 0.3 is 0 Å². The molecule has 23 heavy (non-hydrogen) atoms. The summed E-state index contributed by atoms with van der Waals surface area (Å²) in [6, 6.07) is 10.3. The molecule has 1 amide bonds. The normalized spacial score (nSPS) is 20.1. The molecule has 0 radical (unpaired) electrons. The Morgan fingerprint density at radius 2 is 1.91 bits per heavy atom. The van der Waals surface area contributed by atoms with Crippen molar-refractivity contribution in [1.29, 1.82) is 0 Å². The zero-order valence-corrected chi connectivity index (χ0v) is 13.2. The maximum absolute atomic E-state index is 13.4. The minimum absolute atomic E-state index is 0.220. The SMILES string of the molecule is O=C(N1CCc2ccccc2C1)C1(n2cccn2)CCNCC1. The van der Waals surface area contributed by atoms with Crippen molar-refractivity contribution >= 4 is 5.91 Å². The summed E-state index contributed by atoms with van der Waals surface area (Å²) in [4.78, 5) is 15.4. The topological polar surface area (TPSA) is 50.2 Å². The Morgan fingerprint density at radius 1 is 1.13 bits per heavy atom. The molecule has 0 aliphatic carbocycles. The Bertz CT molecular complexity index is 689. The molecule has 0 bridgehead atoms. The van der Waals surface area contributed by atoms with E-state index < -0.39 is 5.54 Å². The first-order valence-corrected chi connectivity index (χ1v) is 8.37. The van der Waals surface area contributed by atoms with E-state index in [1.165, 1.54) is 11.1 Å². The molecule has 1 N–H and O–H groups in total. The molecule has 5 nitrogen and oxygen atoms in total. The van der Waals surface area contributed by atoms with Gasteiger partial charge in [-0.05, 0) is 49.5 Å². The molecular formula is C18H22N4O. The van der Waals surface area contributed by atoms with Gasteiger partial charge < -0.3 is 10.2 Å². The van der Waals surface area contributed by atoms with E-state index in [2.05, 4.69) is 34.7 Å². The summed E-state index contributed by atoms with van der Waals surface area (Å²) in [6.45, 7) is 3.23. The molecule has 2 aromatic rings. The van der Waals surface area contributed by atoms with E-state index in [4.69, 9.17) is 0 Å². The molecule has 4 rings (SSSR count). The standard InChI is InChI=1S/C18H22N4O/c23-17(21-13-6-15-4-1-2-5-16(15)14-21)18(7-10-19-11-8-18)22-12-3-9-20-22/h1-5,9,12,19H,6-8,10-11,13-14H2. The summed E-state index contributed by atoms with van der Waals surface area (Å²) in [5.41, 5.74) is 2.12. The highest BCUT2D eigenvalue weighted by molar-refractivity contribution is 5.85. The molecular weight excluding hydrogens is 288 g/mol. The Morgan fingerprint density at radius 3 is 2.65 bits per heavy atom. The highest BCUT2D eigenvalue weighted by atomic mass is 16.2. The lowest BCUT2D eigenvalue weighted by Gasteiger charge is -2.41. The number of nitrogens with zero attached hydrogens (tertiary/aromatic N) is 3. The number of carbonyl (C=O) groups is 1. The van der Waals surface area contributed by atoms with E-state index in [9.17, 15) is 4.79 Å². The fourth-order valence-corrected chi connectivity index (χ4v) is 3.87. The average molecular weight is 310 g/mol. The number of amides is 1. The van der Waals surface area contributed by atoms with Crippen LogP contribution in [0, 0.1) is 0 Å². The molecule has 3 heterocycles. The van der Waals surface area contributed by atoms with Crippen LogP contribution >= 0.6 is 0 Å². The summed E-state index contributed by atoms with van der Waals surface area (Å²) in [5.74, 6) is 0.220. The van der Waals surface area contributed by atoms with Crippen molar-refractivity contribution in [3.8, 4) is 0 Å². The highest BCUT2D eigenvalue weighted by Gasteiger charge is 2.44. The van der Waals surface area contributed by atoms with Gasteiger partial charge in [0, 0.05) is 25.5 Å². The molecule has 2 aliphatic rings. The van der Waals surface area contributed by atoms with Gasteiger partial charge in [-0.2, -0.15) is 5.10 Å². The third-order valence-electron chi connectivity index (χ3n) is 5.19. The monoisotopic (exact) mass is 310 g/mol. The van der Waals surface area contributed by atoms with E-state index in [0.29, 0.717) is 6.54 Å². The number of benzene rings is 1. The molecule has 1 saturated heterocycles. The molecule has 1 fully saturated rings. The van der Waals surface area contributed by atoms with Crippen molar-refractivity contribution in [1.82, 2.24) is 20.0 Å². The maximum Gasteiger partial charge on any atom is 0.250 e. The van der Waals surface area contributed by atoms with Crippen LogP contribution in [0.4, 0.5) is 0 Å². The smallest absolute Gasteiger partial charge is 0.250 e. The third kappa shape index (κ3) is 2.45. The molecule has 1 aromatic carbocycles. The van der Waals surface area contributed by atoms with Crippen LogP contribution in [-0.2, 0) is 23.3 Å². The predicted octanol–water partition coefficient (Wildman–Crippen LogP) is 1.55. The second-order valence-corrected chi connectivity index (χ2v) is 6.48. The van der Waals surface area contributed by atoms with Gasteiger partial charge in [0.25, 0.3) is 5.91 Å². The Kier molecular flexibility index (Phi) is 3.65. The van der Waals surface area contributed by atoms with E-state index >= 15 is 0 Å². The first-order chi connectivity index (χ1) is 11.3. The van der Waals surface area contributed by atoms with E-state index in [1.807, 2.05) is 21.8 Å². The fourth-order valence-electron chi connectivity index (χ4n) is 3.87. The van der Waals surface area contributed by atoms with Crippen molar-refractivity contribution in [3.63, 3.8) is 0 Å². The van der Waals surface area contributed by atoms with Crippen LogP contribution in [0.3, 0.4) is 0 Å². The highest BCUT2D eigenvalue weighted by Crippen LogP contribution is 2.31.